The van der Waals surface area contributed by atoms with Gasteiger partial charge in [-0.3, -0.25) is 19.0 Å². The number of ether oxygens (including phenoxy) is 1. The topological polar surface area (TPSA) is 150 Å². The van der Waals surface area contributed by atoms with Crippen LogP contribution in [0.25, 0.3) is 22.4 Å². The molecule has 11 nitrogen and oxygen atoms in total. The Morgan fingerprint density at radius 2 is 1.81 bits per heavy atom. The van der Waals surface area contributed by atoms with Crippen molar-refractivity contribution < 1.29 is 14.3 Å². The minimum Gasteiger partial charge on any atom is -0.481 e. The summed E-state index contributed by atoms with van der Waals surface area (Å²) in [5, 5.41) is 6.45. The normalized spacial score (nSPS) is 13.9. The van der Waals surface area contributed by atoms with Crippen molar-refractivity contribution in [1.29, 1.82) is 0 Å². The zero-order chi connectivity index (χ0) is 31.0. The summed E-state index contributed by atoms with van der Waals surface area (Å²) < 4.78 is 7.73. The van der Waals surface area contributed by atoms with Gasteiger partial charge >= 0.3 is 5.69 Å². The molecule has 2 amide bonds. The summed E-state index contributed by atoms with van der Waals surface area (Å²) in [4.78, 5) is 53.8. The fraction of sp³-hybridized carbons (Fsp3) is 0.258. The maximum atomic E-state index is 13.1. The summed E-state index contributed by atoms with van der Waals surface area (Å²) in [6, 6.07) is 13.0. The number of aromatic nitrogens is 3. The molecule has 0 aliphatic heterocycles. The largest absolute Gasteiger partial charge is 0.481 e. The number of aryl methyl sites for hydroxylation is 2. The van der Waals surface area contributed by atoms with Crippen LogP contribution in [0.3, 0.4) is 0 Å². The standard InChI is InChI=1S/C31H31ClN6O5/c1-16-18(7-6-10-22(16)35-28(40)21-15-37(2)31(42)38(3)30(21)41)19-8-5-9-20(27(19)32)24-13-17-11-12-23(34-14-25(33)39)26(17)29(36-24)43-4/h5-10,13,15,23,34H,11-12,14H2,1-4H3,(H2,33,39)(H,35,40). The quantitative estimate of drug-likeness (QED) is 0.280. The zero-order valence-corrected chi connectivity index (χ0v) is 24.9. The van der Waals surface area contributed by atoms with Crippen LogP contribution in [0.2, 0.25) is 5.02 Å². The van der Waals surface area contributed by atoms with E-state index in [9.17, 15) is 19.2 Å². The van der Waals surface area contributed by atoms with Crippen LogP contribution in [-0.2, 0) is 25.3 Å². The summed E-state index contributed by atoms with van der Waals surface area (Å²) >= 11 is 7.03. The average molecular weight is 603 g/mol. The van der Waals surface area contributed by atoms with Gasteiger partial charge in [0.05, 0.1) is 24.4 Å². The third-order valence-corrected chi connectivity index (χ3v) is 8.12. The number of halogens is 1. The number of carbonyl (C=O) groups excluding carboxylic acids is 2. The number of nitrogens with one attached hydrogen (secondary N) is 2. The lowest BCUT2D eigenvalue weighted by molar-refractivity contribution is -0.117. The highest BCUT2D eigenvalue weighted by atomic mass is 35.5. The third-order valence-electron chi connectivity index (χ3n) is 7.71. The number of primary amides is 1. The second kappa shape index (κ2) is 11.9. The van der Waals surface area contributed by atoms with Crippen molar-refractivity contribution >= 4 is 29.1 Å². The number of pyridine rings is 1. The first-order valence-corrected chi connectivity index (χ1v) is 14.0. The van der Waals surface area contributed by atoms with Crippen LogP contribution >= 0.6 is 11.6 Å². The van der Waals surface area contributed by atoms with Crippen LogP contribution in [0.15, 0.2) is 58.3 Å². The molecule has 4 aromatic rings. The summed E-state index contributed by atoms with van der Waals surface area (Å²) in [6.07, 6.45) is 2.78. The molecule has 2 aromatic carbocycles. The predicted molar refractivity (Wildman–Crippen MR) is 165 cm³/mol. The van der Waals surface area contributed by atoms with Crippen molar-refractivity contribution in [2.75, 3.05) is 19.0 Å². The Morgan fingerprint density at radius 1 is 1.12 bits per heavy atom. The lowest BCUT2D eigenvalue weighted by Crippen LogP contribution is -2.40. The molecule has 1 aliphatic carbocycles. The molecule has 0 saturated heterocycles. The van der Waals surface area contributed by atoms with Crippen molar-refractivity contribution in [2.24, 2.45) is 19.8 Å². The third kappa shape index (κ3) is 5.56. The van der Waals surface area contributed by atoms with E-state index in [2.05, 4.69) is 10.6 Å². The number of nitrogens with zero attached hydrogens (tertiary/aromatic N) is 3. The second-order valence-corrected chi connectivity index (χ2v) is 10.8. The smallest absolute Gasteiger partial charge is 0.330 e. The number of carbonyl (C=O) groups is 2. The number of anilines is 1. The molecule has 0 bridgehead atoms. The molecule has 0 spiro atoms. The van der Waals surface area contributed by atoms with E-state index in [0.717, 1.165) is 45.2 Å². The number of rotatable bonds is 8. The van der Waals surface area contributed by atoms with Crippen molar-refractivity contribution in [3.05, 3.63) is 96.8 Å². The van der Waals surface area contributed by atoms with E-state index in [1.165, 1.54) is 24.9 Å². The van der Waals surface area contributed by atoms with Gasteiger partial charge in [0, 0.05) is 48.7 Å². The van der Waals surface area contributed by atoms with E-state index in [4.69, 9.17) is 27.1 Å². The molecule has 0 saturated carbocycles. The Morgan fingerprint density at radius 3 is 2.53 bits per heavy atom. The average Bonchev–Trinajstić information content (AvgIpc) is 3.40. The first-order valence-electron chi connectivity index (χ1n) is 13.6. The molecule has 43 heavy (non-hydrogen) atoms. The van der Waals surface area contributed by atoms with Crippen molar-refractivity contribution in [1.82, 2.24) is 19.4 Å². The van der Waals surface area contributed by atoms with Gasteiger partial charge in [0.2, 0.25) is 11.8 Å². The van der Waals surface area contributed by atoms with E-state index in [-0.39, 0.29) is 18.2 Å². The summed E-state index contributed by atoms with van der Waals surface area (Å²) in [6.45, 7) is 1.91. The van der Waals surface area contributed by atoms with Gasteiger partial charge in [0.25, 0.3) is 11.5 Å². The number of nitrogens with two attached hydrogens (primary N) is 1. The van der Waals surface area contributed by atoms with Crippen molar-refractivity contribution in [3.8, 4) is 28.3 Å². The van der Waals surface area contributed by atoms with Gasteiger partial charge in [0.1, 0.15) is 5.56 Å². The van der Waals surface area contributed by atoms with E-state index in [1.54, 1.807) is 19.2 Å². The molecule has 0 fully saturated rings. The molecule has 222 valence electrons. The van der Waals surface area contributed by atoms with E-state index < -0.39 is 23.1 Å². The molecule has 1 unspecified atom stereocenters. The summed E-state index contributed by atoms with van der Waals surface area (Å²) in [5.41, 5.74) is 10.0. The molecule has 2 aromatic heterocycles. The van der Waals surface area contributed by atoms with Crippen molar-refractivity contribution in [2.45, 2.75) is 25.8 Å². The molecule has 1 atom stereocenters. The molecule has 4 N–H and O–H groups in total. The number of methoxy groups -OCH3 is 1. The van der Waals surface area contributed by atoms with Crippen LogP contribution in [0.5, 0.6) is 5.88 Å². The van der Waals surface area contributed by atoms with E-state index >= 15 is 0 Å². The van der Waals surface area contributed by atoms with E-state index in [1.807, 2.05) is 37.3 Å². The van der Waals surface area contributed by atoms with Crippen LogP contribution in [0.4, 0.5) is 5.69 Å². The van der Waals surface area contributed by atoms with Crippen LogP contribution in [0, 0.1) is 6.92 Å². The number of hydrogen-bond acceptors (Lipinski definition) is 7. The number of hydrogen-bond donors (Lipinski definition) is 3. The van der Waals surface area contributed by atoms with Gasteiger partial charge in [-0.2, -0.15) is 0 Å². The Balaban J connectivity index is 1.50. The Labute approximate surface area is 252 Å². The van der Waals surface area contributed by atoms with Gasteiger partial charge in [-0.15, -0.1) is 0 Å². The lowest BCUT2D eigenvalue weighted by Gasteiger charge is -2.18. The van der Waals surface area contributed by atoms with Gasteiger partial charge < -0.3 is 25.7 Å². The Hall–Kier alpha value is -4.74. The monoisotopic (exact) mass is 602 g/mol. The Kier molecular flexibility index (Phi) is 8.21. The Bertz CT molecular complexity index is 1900. The predicted octanol–water partition coefficient (Wildman–Crippen LogP) is 3.10. The molecule has 0 radical (unpaired) electrons. The molecule has 12 heteroatoms. The zero-order valence-electron chi connectivity index (χ0n) is 24.2. The van der Waals surface area contributed by atoms with Crippen LogP contribution < -0.4 is 32.4 Å². The maximum Gasteiger partial charge on any atom is 0.330 e. The van der Waals surface area contributed by atoms with Gasteiger partial charge in [-0.25, -0.2) is 9.78 Å². The molecular weight excluding hydrogens is 572 g/mol. The van der Waals surface area contributed by atoms with Crippen LogP contribution in [-0.4, -0.2) is 39.6 Å². The van der Waals surface area contributed by atoms with Gasteiger partial charge in [-0.05, 0) is 48.6 Å². The minimum absolute atomic E-state index is 0.0590. The number of amides is 2. The summed E-state index contributed by atoms with van der Waals surface area (Å²) in [7, 11) is 4.36. The molecular formula is C31H31ClN6O5. The van der Waals surface area contributed by atoms with Gasteiger partial charge in [0.15, 0.2) is 0 Å². The molecule has 2 heterocycles. The lowest BCUT2D eigenvalue weighted by atomic mass is 9.96. The number of benzene rings is 2. The maximum absolute atomic E-state index is 13.1. The van der Waals surface area contributed by atoms with Crippen molar-refractivity contribution in [3.63, 3.8) is 0 Å². The number of fused-ring (bicyclic) bond motifs is 1. The second-order valence-electron chi connectivity index (χ2n) is 10.4. The summed E-state index contributed by atoms with van der Waals surface area (Å²) in [5.74, 6) is -0.607. The fourth-order valence-corrected chi connectivity index (χ4v) is 5.81. The first-order chi connectivity index (χ1) is 20.5. The molecule has 1 aliphatic rings. The highest BCUT2D eigenvalue weighted by Crippen LogP contribution is 2.43. The van der Waals surface area contributed by atoms with Crippen LogP contribution in [0.1, 0.15) is 39.5 Å². The van der Waals surface area contributed by atoms with Gasteiger partial charge in [-0.1, -0.05) is 41.9 Å². The first kappa shape index (κ1) is 29.7. The van der Waals surface area contributed by atoms with E-state index in [0.29, 0.717) is 27.8 Å². The fourth-order valence-electron chi connectivity index (χ4n) is 5.48. The SMILES string of the molecule is COc1nc(-c2cccc(-c3cccc(NC(=O)c4cn(C)c(=O)n(C)c4=O)c3C)c2Cl)cc2c1C(NCC(N)=O)CC2. The minimum atomic E-state index is -0.683. The highest BCUT2D eigenvalue weighted by Gasteiger charge is 2.29. The highest BCUT2D eigenvalue weighted by molar-refractivity contribution is 6.36. The molecule has 5 rings (SSSR count).